The lowest BCUT2D eigenvalue weighted by Crippen LogP contribution is -2.19. The predicted molar refractivity (Wildman–Crippen MR) is 278 cm³/mol. The number of hydrogen-bond donors (Lipinski definition) is 4. The Labute approximate surface area is 425 Å². The summed E-state index contributed by atoms with van der Waals surface area (Å²) in [5, 5.41) is 18.0. The topological polar surface area (TPSA) is 298 Å². The van der Waals surface area contributed by atoms with E-state index in [1.54, 1.807) is 29.4 Å². The first-order valence-corrected chi connectivity index (χ1v) is 24.0. The molecule has 0 amide bonds. The number of fused-ring (bicyclic) bond motifs is 3. The summed E-state index contributed by atoms with van der Waals surface area (Å²) in [4.78, 5) is 51.5. The molecule has 0 bridgehead atoms. The van der Waals surface area contributed by atoms with Gasteiger partial charge >= 0.3 is 17.7 Å². The molecule has 0 atom stereocenters. The zero-order chi connectivity index (χ0) is 51.6. The number of aromatic nitrogens is 12. The van der Waals surface area contributed by atoms with E-state index in [1.165, 1.54) is 18.4 Å². The molecule has 1 aliphatic heterocycles. The number of aromatic amines is 1. The lowest BCUT2D eigenvalue weighted by atomic mass is 10.1. The average Bonchev–Trinajstić information content (AvgIpc) is 4.19. The molecule has 22 heteroatoms. The second-order valence-corrected chi connectivity index (χ2v) is 18.6. The molecule has 0 unspecified atom stereocenters. The number of nitrogens with one attached hydrogen (secondary N) is 1. The van der Waals surface area contributed by atoms with Crippen molar-refractivity contribution >= 4 is 62.5 Å². The first kappa shape index (κ1) is 50.7. The van der Waals surface area contributed by atoms with Crippen LogP contribution in [0, 0.1) is 34.5 Å². The summed E-state index contributed by atoms with van der Waals surface area (Å²) >= 11 is 5.82. The lowest BCUT2D eigenvalue weighted by Gasteiger charge is -2.15. The number of halogens is 1. The number of benzene rings is 3. The number of likely N-dealkylation sites (tertiary alicyclic amines) is 1. The number of H-pyrrole nitrogens is 1. The number of anilines is 3. The third-order valence-corrected chi connectivity index (χ3v) is 11.6. The van der Waals surface area contributed by atoms with Gasteiger partial charge in [-0.15, -0.1) is 0 Å². The van der Waals surface area contributed by atoms with Crippen LogP contribution in [0.4, 0.5) is 17.5 Å². The van der Waals surface area contributed by atoms with Crippen molar-refractivity contribution in [2.24, 2.45) is 11.8 Å². The van der Waals surface area contributed by atoms with Crippen molar-refractivity contribution in [2.45, 2.75) is 66.7 Å². The molecule has 1 aliphatic rings. The Morgan fingerprint density at radius 2 is 1.11 bits per heavy atom. The van der Waals surface area contributed by atoms with Crippen molar-refractivity contribution in [2.75, 3.05) is 43.5 Å². The van der Waals surface area contributed by atoms with Crippen molar-refractivity contribution in [3.05, 3.63) is 135 Å². The first-order valence-electron chi connectivity index (χ1n) is 23.7. The maximum Gasteiger partial charge on any atom is 0.328 e. The average molecular weight is 1000 g/mol. The molecule has 1 fully saturated rings. The molecule has 9 aromatic rings. The van der Waals surface area contributed by atoms with Crippen LogP contribution in [0.2, 0.25) is 5.28 Å². The molecular weight excluding hydrogens is 948 g/mol. The van der Waals surface area contributed by atoms with Gasteiger partial charge < -0.3 is 40.8 Å². The van der Waals surface area contributed by atoms with Crippen molar-refractivity contribution in [3.8, 4) is 24.2 Å². The molecule has 7 N–H and O–H groups in total. The predicted octanol–water partition coefficient (Wildman–Crippen LogP) is 6.73. The number of nitrogen functional groups attached to an aromatic ring is 3. The van der Waals surface area contributed by atoms with Gasteiger partial charge in [-0.2, -0.15) is 40.4 Å². The Morgan fingerprint density at radius 3 is 1.66 bits per heavy atom. The minimum absolute atomic E-state index is 0.0857. The van der Waals surface area contributed by atoms with Gasteiger partial charge in [0, 0.05) is 6.54 Å². The highest BCUT2D eigenvalue weighted by molar-refractivity contribution is 6.28. The van der Waals surface area contributed by atoms with Gasteiger partial charge in [0.25, 0.3) is 0 Å². The molecule has 0 saturated carbocycles. The van der Waals surface area contributed by atoms with Gasteiger partial charge in [0.1, 0.15) is 11.0 Å². The van der Waals surface area contributed by atoms with E-state index in [9.17, 15) is 4.79 Å². The third kappa shape index (κ3) is 12.8. The number of imidazole rings is 3. The molecule has 10 rings (SSSR count). The molecule has 0 radical (unpaired) electrons. The second kappa shape index (κ2) is 23.1. The highest BCUT2D eigenvalue weighted by Crippen LogP contribution is 2.23. The largest absolute Gasteiger partial charge is 0.463 e. The Kier molecular flexibility index (Phi) is 16.0. The SMILES string of the molecule is CC(C)COc1nc(N)c2[nH]c(=O)n(Cc3cccc(CN4CCCC4)c3)c2n1.CC(C)COc1nc(N)c2ncn(Cc3cccc(C#N)c3)c2n1.N#Cc1cccc(Cn2cnc3c(N)nc(Cl)nc32)c1. The van der Waals surface area contributed by atoms with E-state index in [0.717, 1.165) is 36.3 Å². The fourth-order valence-electron chi connectivity index (χ4n) is 7.98. The number of nitriles is 2. The van der Waals surface area contributed by atoms with Crippen molar-refractivity contribution in [1.82, 2.24) is 63.5 Å². The highest BCUT2D eigenvalue weighted by atomic mass is 35.5. The van der Waals surface area contributed by atoms with E-state index in [0.29, 0.717) is 95.1 Å². The van der Waals surface area contributed by atoms with Crippen LogP contribution in [-0.4, -0.2) is 89.8 Å². The van der Waals surface area contributed by atoms with Crippen molar-refractivity contribution in [3.63, 3.8) is 0 Å². The molecular formula is C51H55ClN18O3. The van der Waals surface area contributed by atoms with E-state index >= 15 is 0 Å². The molecule has 7 heterocycles. The smallest absolute Gasteiger partial charge is 0.328 e. The van der Waals surface area contributed by atoms with E-state index in [1.807, 2.05) is 85.4 Å². The van der Waals surface area contributed by atoms with E-state index in [4.69, 9.17) is 48.8 Å². The number of hydrogen-bond acceptors (Lipinski definition) is 17. The zero-order valence-corrected chi connectivity index (χ0v) is 41.7. The monoisotopic (exact) mass is 1000 g/mol. The van der Waals surface area contributed by atoms with Crippen molar-refractivity contribution < 1.29 is 9.47 Å². The summed E-state index contributed by atoms with van der Waals surface area (Å²) in [6, 6.07) is 27.8. The quantitative estimate of drug-likeness (QED) is 0.0821. The molecule has 0 aliphatic carbocycles. The molecule has 1 saturated heterocycles. The number of nitrogens with two attached hydrogens (primary N) is 3. The Hall–Kier alpha value is -8.66. The summed E-state index contributed by atoms with van der Waals surface area (Å²) in [6.45, 7) is 13.9. The number of rotatable bonds is 14. The standard InChI is InChI=1S/C21H28N6O2.C17H18N6O.C13H9ClN6/c1-14(2)13-29-20-24-18(22)17-19(25-20)27(21(28)23-17)12-16-7-5-6-15(10-16)11-26-8-3-4-9-26;1-11(2)9-24-17-21-15(19)14-16(22-17)23(10-20-14)8-13-5-3-4-12(6-13)7-18;14-13-18-11(16)10-12(19-13)20(7-17-10)6-9-3-1-2-8(4-9)5-15/h5-7,10,14H,3-4,8-9,11-13H2,1-2H3,(H,23,28)(H2,22,24,25);3-6,10-11H,8-9H2,1-2H3,(H2,19,21,22);1-4,7H,6H2,(H2,16,18,19). The molecule has 21 nitrogen and oxygen atoms in total. The normalized spacial score (nSPS) is 12.4. The third-order valence-electron chi connectivity index (χ3n) is 11.4. The Bertz CT molecular complexity index is 3530. The summed E-state index contributed by atoms with van der Waals surface area (Å²) in [5.74, 6) is 1.46. The van der Waals surface area contributed by atoms with Crippen LogP contribution >= 0.6 is 11.6 Å². The molecule has 3 aromatic carbocycles. The minimum Gasteiger partial charge on any atom is -0.463 e. The molecule has 374 valence electrons. The van der Waals surface area contributed by atoms with Crippen LogP contribution in [0.25, 0.3) is 33.5 Å². The van der Waals surface area contributed by atoms with Crippen LogP contribution in [0.15, 0.2) is 90.2 Å². The van der Waals surface area contributed by atoms with Crippen LogP contribution in [0.5, 0.6) is 12.0 Å². The van der Waals surface area contributed by atoms with E-state index in [-0.39, 0.29) is 34.6 Å². The summed E-state index contributed by atoms with van der Waals surface area (Å²) < 4.78 is 16.5. The fraction of sp³-hybridized carbons (Fsp3) is 0.314. The van der Waals surface area contributed by atoms with Gasteiger partial charge in [-0.1, -0.05) is 76.2 Å². The summed E-state index contributed by atoms with van der Waals surface area (Å²) in [6.07, 6.45) is 5.84. The minimum atomic E-state index is -0.257. The van der Waals surface area contributed by atoms with Crippen LogP contribution in [0.1, 0.15) is 73.9 Å². The van der Waals surface area contributed by atoms with Crippen molar-refractivity contribution in [1.29, 1.82) is 10.5 Å². The van der Waals surface area contributed by atoms with Gasteiger partial charge in [0.2, 0.25) is 5.28 Å². The molecule has 73 heavy (non-hydrogen) atoms. The molecule has 0 spiro atoms. The first-order chi connectivity index (χ1) is 35.2. The zero-order valence-electron chi connectivity index (χ0n) is 40.9. The lowest BCUT2D eigenvalue weighted by molar-refractivity contribution is 0.252. The van der Waals surface area contributed by atoms with Gasteiger partial charge in [-0.3, -0.25) is 9.47 Å². The second-order valence-electron chi connectivity index (χ2n) is 18.3. The van der Waals surface area contributed by atoms with Gasteiger partial charge in [-0.25, -0.2) is 14.8 Å². The van der Waals surface area contributed by atoms with Gasteiger partial charge in [0.05, 0.1) is 68.8 Å². The van der Waals surface area contributed by atoms with Crippen LogP contribution in [0.3, 0.4) is 0 Å². The van der Waals surface area contributed by atoms with E-state index in [2.05, 4.69) is 74.0 Å². The van der Waals surface area contributed by atoms with Crippen LogP contribution in [-0.2, 0) is 26.2 Å². The summed E-state index contributed by atoms with van der Waals surface area (Å²) in [7, 11) is 0. The van der Waals surface area contributed by atoms with Crippen LogP contribution < -0.4 is 32.4 Å². The molecule has 6 aromatic heterocycles. The fourth-order valence-corrected chi connectivity index (χ4v) is 8.16. The number of ether oxygens (including phenoxy) is 2. The maximum atomic E-state index is 12.6. The number of nitrogens with zero attached hydrogens (tertiary/aromatic N) is 14. The maximum absolute atomic E-state index is 12.6. The van der Waals surface area contributed by atoms with Gasteiger partial charge in [0.15, 0.2) is 39.9 Å². The Morgan fingerprint density at radius 1 is 0.630 bits per heavy atom. The van der Waals surface area contributed by atoms with Gasteiger partial charge in [-0.05, 0) is 95.9 Å². The Balaban J connectivity index is 0.000000149. The highest BCUT2D eigenvalue weighted by Gasteiger charge is 2.18. The summed E-state index contributed by atoms with van der Waals surface area (Å²) in [5.41, 5.74) is 26.1. The van der Waals surface area contributed by atoms with E-state index < -0.39 is 0 Å².